The molecule has 1 fully saturated rings. The van der Waals surface area contributed by atoms with Crippen molar-refractivity contribution in [3.63, 3.8) is 0 Å². The third-order valence-electron chi connectivity index (χ3n) is 5.77. The van der Waals surface area contributed by atoms with Crippen LogP contribution in [0.2, 0.25) is 0 Å². The van der Waals surface area contributed by atoms with E-state index in [1.54, 1.807) is 30.3 Å². The Kier molecular flexibility index (Phi) is 5.99. The van der Waals surface area contributed by atoms with Crippen molar-refractivity contribution in [2.45, 2.75) is 37.5 Å². The first-order valence-corrected chi connectivity index (χ1v) is 13.4. The van der Waals surface area contributed by atoms with Crippen molar-refractivity contribution in [1.82, 2.24) is 15.2 Å². The van der Waals surface area contributed by atoms with E-state index in [-0.39, 0.29) is 4.90 Å². The van der Waals surface area contributed by atoms with Gasteiger partial charge in [-0.05, 0) is 62.2 Å². The fraction of sp³-hybridized carbons (Fsp3) is 0.292. The summed E-state index contributed by atoms with van der Waals surface area (Å²) in [6.45, 7) is 3.93. The van der Waals surface area contributed by atoms with Gasteiger partial charge in [0, 0.05) is 24.3 Å². The summed E-state index contributed by atoms with van der Waals surface area (Å²) >= 11 is 1.48. The van der Waals surface area contributed by atoms with Gasteiger partial charge in [-0.15, -0.1) is 21.5 Å². The molecule has 2 aromatic carbocycles. The molecule has 7 nitrogen and oxygen atoms in total. The molecule has 1 aliphatic heterocycles. The summed E-state index contributed by atoms with van der Waals surface area (Å²) < 4.78 is 29.5. The molecular weight excluding hydrogens is 454 g/mol. The van der Waals surface area contributed by atoms with E-state index >= 15 is 0 Å². The zero-order valence-corrected chi connectivity index (χ0v) is 20.0. The number of nitrogens with zero attached hydrogens (tertiary/aromatic N) is 4. The second-order valence-electron chi connectivity index (χ2n) is 8.23. The van der Waals surface area contributed by atoms with E-state index < -0.39 is 10.0 Å². The summed E-state index contributed by atoms with van der Waals surface area (Å²) in [7, 11) is -3.73. The maximum atomic E-state index is 13.0. The van der Waals surface area contributed by atoms with Crippen LogP contribution >= 0.6 is 11.3 Å². The van der Waals surface area contributed by atoms with Crippen LogP contribution in [0, 0.1) is 6.92 Å². The first kappa shape index (κ1) is 21.8. The van der Waals surface area contributed by atoms with Crippen molar-refractivity contribution in [2.24, 2.45) is 0 Å². The molecule has 1 saturated heterocycles. The molecule has 0 spiro atoms. The number of hydrogen-bond acceptors (Lipinski definition) is 7. The molecule has 0 atom stereocenters. The lowest BCUT2D eigenvalue weighted by Crippen LogP contribution is -2.25. The van der Waals surface area contributed by atoms with Gasteiger partial charge in [0.15, 0.2) is 5.82 Å². The minimum absolute atomic E-state index is 0.214. The highest BCUT2D eigenvalue weighted by Gasteiger charge is 2.17. The minimum atomic E-state index is -3.73. The molecule has 0 unspecified atom stereocenters. The zero-order valence-electron chi connectivity index (χ0n) is 18.4. The van der Waals surface area contributed by atoms with Crippen molar-refractivity contribution in [1.29, 1.82) is 0 Å². The van der Waals surface area contributed by atoms with Gasteiger partial charge in [-0.2, -0.15) is 0 Å². The number of nitrogens with one attached hydrogen (secondary N) is 1. The number of fused-ring (bicyclic) bond motifs is 1. The first-order chi connectivity index (χ1) is 16.0. The Morgan fingerprint density at radius 2 is 1.76 bits per heavy atom. The summed E-state index contributed by atoms with van der Waals surface area (Å²) in [5.41, 5.74) is 2.79. The number of anilines is 2. The van der Waals surface area contributed by atoms with Crippen LogP contribution in [0.5, 0.6) is 0 Å². The molecule has 170 valence electrons. The maximum absolute atomic E-state index is 13.0. The Balaban J connectivity index is 1.36. The first-order valence-electron chi connectivity index (χ1n) is 11.1. The Morgan fingerprint density at radius 3 is 2.52 bits per heavy atom. The Morgan fingerprint density at radius 1 is 0.939 bits per heavy atom. The van der Waals surface area contributed by atoms with Crippen molar-refractivity contribution in [3.8, 4) is 11.3 Å². The van der Waals surface area contributed by atoms with Crippen LogP contribution in [0.25, 0.3) is 21.5 Å². The van der Waals surface area contributed by atoms with Gasteiger partial charge in [-0.3, -0.25) is 4.72 Å². The van der Waals surface area contributed by atoms with Gasteiger partial charge in [0.2, 0.25) is 0 Å². The van der Waals surface area contributed by atoms with E-state index in [4.69, 9.17) is 0 Å². The van der Waals surface area contributed by atoms with Gasteiger partial charge in [0.1, 0.15) is 0 Å². The number of thiazole rings is 1. The normalized spacial score (nSPS) is 14.9. The zero-order chi connectivity index (χ0) is 22.8. The van der Waals surface area contributed by atoms with E-state index in [2.05, 4.69) is 24.8 Å². The van der Waals surface area contributed by atoms with Gasteiger partial charge in [0.25, 0.3) is 10.0 Å². The number of rotatable bonds is 5. The monoisotopic (exact) mass is 479 g/mol. The molecule has 9 heteroatoms. The fourth-order valence-corrected chi connectivity index (χ4v) is 6.11. The Hall–Kier alpha value is -3.04. The highest BCUT2D eigenvalue weighted by molar-refractivity contribution is 7.92. The number of aromatic nitrogens is 3. The average molecular weight is 480 g/mol. The van der Waals surface area contributed by atoms with Crippen LogP contribution in [0.1, 0.15) is 30.7 Å². The lowest BCUT2D eigenvalue weighted by Gasteiger charge is -2.20. The smallest absolute Gasteiger partial charge is 0.261 e. The Labute approximate surface area is 197 Å². The lowest BCUT2D eigenvalue weighted by molar-refractivity contribution is 0.601. The molecule has 5 rings (SSSR count). The van der Waals surface area contributed by atoms with Crippen LogP contribution in [0.15, 0.2) is 59.5 Å². The number of aryl methyl sites for hydroxylation is 1. The van der Waals surface area contributed by atoms with Gasteiger partial charge in [-0.1, -0.05) is 25.0 Å². The summed E-state index contributed by atoms with van der Waals surface area (Å²) in [4.78, 5) is 6.89. The molecule has 3 heterocycles. The van der Waals surface area contributed by atoms with Crippen molar-refractivity contribution >= 4 is 43.1 Å². The molecule has 33 heavy (non-hydrogen) atoms. The highest BCUT2D eigenvalue weighted by atomic mass is 32.2. The van der Waals surface area contributed by atoms with Crippen LogP contribution in [-0.4, -0.2) is 36.7 Å². The van der Waals surface area contributed by atoms with E-state index in [1.807, 2.05) is 31.2 Å². The summed E-state index contributed by atoms with van der Waals surface area (Å²) in [6, 6.07) is 16.2. The Bertz CT molecular complexity index is 1380. The fourth-order valence-electron chi connectivity index (χ4n) is 4.09. The summed E-state index contributed by atoms with van der Waals surface area (Å²) in [5, 5.41) is 9.75. The molecule has 0 aliphatic carbocycles. The standard InChI is InChI=1S/C24H25N5O2S2/c1-17-25-22-10-9-20(16-23(22)32-17)33(30,31)28-19-8-6-7-18(15-19)21-11-12-24(27-26-21)29-13-4-2-3-5-14-29/h6-12,15-16,28H,2-5,13-14H2,1H3. The third kappa shape index (κ3) is 4.84. The molecule has 1 N–H and O–H groups in total. The number of hydrogen-bond donors (Lipinski definition) is 1. The molecule has 1 aliphatic rings. The average Bonchev–Trinajstić information content (AvgIpc) is 2.99. The second-order valence-corrected chi connectivity index (χ2v) is 11.1. The van der Waals surface area contributed by atoms with Crippen LogP contribution in [0.3, 0.4) is 0 Å². The van der Waals surface area contributed by atoms with Gasteiger partial charge in [-0.25, -0.2) is 13.4 Å². The second kappa shape index (κ2) is 9.07. The largest absolute Gasteiger partial charge is 0.355 e. The SMILES string of the molecule is Cc1nc2ccc(S(=O)(=O)Nc3cccc(-c4ccc(N5CCCCCC5)nn4)c3)cc2s1. The van der Waals surface area contributed by atoms with E-state index in [1.165, 1.54) is 37.0 Å². The maximum Gasteiger partial charge on any atom is 0.261 e. The van der Waals surface area contributed by atoms with Crippen LogP contribution in [0.4, 0.5) is 11.5 Å². The van der Waals surface area contributed by atoms with Crippen molar-refractivity contribution in [3.05, 3.63) is 59.6 Å². The minimum Gasteiger partial charge on any atom is -0.355 e. The van der Waals surface area contributed by atoms with Crippen molar-refractivity contribution in [2.75, 3.05) is 22.7 Å². The summed E-state index contributed by atoms with van der Waals surface area (Å²) in [5.74, 6) is 0.895. The van der Waals surface area contributed by atoms with Crippen molar-refractivity contribution < 1.29 is 8.42 Å². The molecule has 0 radical (unpaired) electrons. The van der Waals surface area contributed by atoms with E-state index in [0.29, 0.717) is 11.4 Å². The quantitative estimate of drug-likeness (QED) is 0.421. The van der Waals surface area contributed by atoms with Gasteiger partial charge >= 0.3 is 0 Å². The van der Waals surface area contributed by atoms with Gasteiger partial charge in [0.05, 0.1) is 25.8 Å². The molecule has 0 bridgehead atoms. The summed E-state index contributed by atoms with van der Waals surface area (Å²) in [6.07, 6.45) is 4.90. The van der Waals surface area contributed by atoms with E-state index in [9.17, 15) is 8.42 Å². The highest BCUT2D eigenvalue weighted by Crippen LogP contribution is 2.27. The van der Waals surface area contributed by atoms with Crippen LogP contribution in [-0.2, 0) is 10.0 Å². The lowest BCUT2D eigenvalue weighted by atomic mass is 10.1. The topological polar surface area (TPSA) is 88.1 Å². The molecule has 2 aromatic heterocycles. The molecular formula is C24H25N5O2S2. The predicted octanol–water partition coefficient (Wildman–Crippen LogP) is 5.24. The number of benzene rings is 2. The molecule has 0 amide bonds. The van der Waals surface area contributed by atoms with E-state index in [0.717, 1.165) is 39.7 Å². The number of sulfonamides is 1. The van der Waals surface area contributed by atoms with Crippen LogP contribution < -0.4 is 9.62 Å². The molecule has 4 aromatic rings. The third-order valence-corrected chi connectivity index (χ3v) is 8.08. The predicted molar refractivity (Wildman–Crippen MR) is 133 cm³/mol. The van der Waals surface area contributed by atoms with Gasteiger partial charge < -0.3 is 4.90 Å². The molecule has 0 saturated carbocycles.